The van der Waals surface area contributed by atoms with E-state index in [4.69, 9.17) is 0 Å². The van der Waals surface area contributed by atoms with Gasteiger partial charge in [-0.1, -0.05) is 0 Å². The van der Waals surface area contributed by atoms with Crippen molar-refractivity contribution in [2.24, 2.45) is 0 Å². The molecular weight excluding hydrogens is 330 g/mol. The van der Waals surface area contributed by atoms with Crippen molar-refractivity contribution in [3.05, 3.63) is 16.0 Å². The minimum atomic E-state index is -2.90. The Kier molecular flexibility index (Phi) is 3.29. The van der Waals surface area contributed by atoms with Gasteiger partial charge in [-0.25, -0.2) is 18.4 Å². The summed E-state index contributed by atoms with van der Waals surface area (Å²) in [5, 5.41) is 3.06. The average Bonchev–Trinajstić information content (AvgIpc) is 3.14. The van der Waals surface area contributed by atoms with E-state index in [1.165, 1.54) is 0 Å². The number of aromatic nitrogens is 2. The summed E-state index contributed by atoms with van der Waals surface area (Å²) in [6.07, 6.45) is 2.94. The van der Waals surface area contributed by atoms with Gasteiger partial charge in [0.25, 0.3) is 0 Å². The van der Waals surface area contributed by atoms with Gasteiger partial charge in [0.05, 0.1) is 21.7 Å². The standard InChI is InChI=1S/C12H16BrN3O2S/c1-14-12-9(13)10(7-2-3-7)15-11(16-12)8-4-5-19(17,18)6-8/h7-8H,2-6H2,1H3,(H,14,15,16). The van der Waals surface area contributed by atoms with E-state index < -0.39 is 9.84 Å². The minimum absolute atomic E-state index is 0.0531. The summed E-state index contributed by atoms with van der Waals surface area (Å²) < 4.78 is 24.1. The molecule has 0 amide bonds. The Morgan fingerprint density at radius 1 is 1.21 bits per heavy atom. The molecule has 1 saturated carbocycles. The molecule has 0 radical (unpaired) electrons. The number of nitrogens with one attached hydrogen (secondary N) is 1. The van der Waals surface area contributed by atoms with Crippen LogP contribution < -0.4 is 5.32 Å². The lowest BCUT2D eigenvalue weighted by molar-refractivity contribution is 0.601. The molecule has 1 aliphatic heterocycles. The van der Waals surface area contributed by atoms with Gasteiger partial charge in [0.15, 0.2) is 9.84 Å². The highest BCUT2D eigenvalue weighted by Crippen LogP contribution is 2.44. The topological polar surface area (TPSA) is 72.0 Å². The van der Waals surface area contributed by atoms with Crippen molar-refractivity contribution in [3.8, 4) is 0 Å². The van der Waals surface area contributed by atoms with Gasteiger partial charge < -0.3 is 5.32 Å². The molecule has 19 heavy (non-hydrogen) atoms. The molecule has 1 saturated heterocycles. The molecule has 104 valence electrons. The third-order valence-corrected chi connectivity index (χ3v) is 6.24. The number of hydrogen-bond acceptors (Lipinski definition) is 5. The number of hydrogen-bond donors (Lipinski definition) is 1. The molecular formula is C12H16BrN3O2S. The predicted octanol–water partition coefficient (Wildman–Crippen LogP) is 2.06. The molecule has 1 unspecified atom stereocenters. The summed E-state index contributed by atoms with van der Waals surface area (Å²) in [5.74, 6) is 2.32. The smallest absolute Gasteiger partial charge is 0.151 e. The second-order valence-electron chi connectivity index (χ2n) is 5.25. The molecule has 1 atom stereocenters. The fourth-order valence-electron chi connectivity index (χ4n) is 2.46. The predicted molar refractivity (Wildman–Crippen MR) is 77.3 cm³/mol. The molecule has 2 aliphatic rings. The van der Waals surface area contributed by atoms with Gasteiger partial charge in [-0.2, -0.15) is 0 Å². The van der Waals surface area contributed by atoms with Gasteiger partial charge in [0.1, 0.15) is 11.6 Å². The highest BCUT2D eigenvalue weighted by Gasteiger charge is 2.34. The molecule has 0 bridgehead atoms. The van der Waals surface area contributed by atoms with E-state index in [2.05, 4.69) is 31.2 Å². The second kappa shape index (κ2) is 4.70. The SMILES string of the molecule is CNc1nc(C2CCS(=O)(=O)C2)nc(C2CC2)c1Br. The van der Waals surface area contributed by atoms with Crippen LogP contribution in [0.3, 0.4) is 0 Å². The van der Waals surface area contributed by atoms with Gasteiger partial charge in [-0.3, -0.25) is 0 Å². The summed E-state index contributed by atoms with van der Waals surface area (Å²) in [5.41, 5.74) is 1.03. The Morgan fingerprint density at radius 3 is 2.47 bits per heavy atom. The summed E-state index contributed by atoms with van der Waals surface area (Å²) in [7, 11) is -1.08. The quantitative estimate of drug-likeness (QED) is 0.907. The summed E-state index contributed by atoms with van der Waals surface area (Å²) in [6.45, 7) is 0. The molecule has 2 heterocycles. The van der Waals surface area contributed by atoms with Crippen LogP contribution in [0, 0.1) is 0 Å². The number of nitrogens with zero attached hydrogens (tertiary/aromatic N) is 2. The highest BCUT2D eigenvalue weighted by atomic mass is 79.9. The molecule has 7 heteroatoms. The molecule has 5 nitrogen and oxygen atoms in total. The van der Waals surface area contributed by atoms with E-state index in [-0.39, 0.29) is 17.4 Å². The van der Waals surface area contributed by atoms with Crippen molar-refractivity contribution >= 4 is 31.6 Å². The van der Waals surface area contributed by atoms with E-state index in [1.807, 2.05) is 7.05 Å². The normalized spacial score (nSPS) is 25.5. The van der Waals surface area contributed by atoms with Crippen LogP contribution in [0.2, 0.25) is 0 Å². The van der Waals surface area contributed by atoms with Gasteiger partial charge in [-0.15, -0.1) is 0 Å². The summed E-state index contributed by atoms with van der Waals surface area (Å²) >= 11 is 3.54. The van der Waals surface area contributed by atoms with Crippen molar-refractivity contribution in [2.75, 3.05) is 23.9 Å². The lowest BCUT2D eigenvalue weighted by Crippen LogP contribution is -2.11. The maximum Gasteiger partial charge on any atom is 0.151 e. The van der Waals surface area contributed by atoms with Gasteiger partial charge in [0.2, 0.25) is 0 Å². The number of halogens is 1. The fraction of sp³-hybridized carbons (Fsp3) is 0.667. The second-order valence-corrected chi connectivity index (χ2v) is 8.28. The number of sulfone groups is 1. The zero-order valence-electron chi connectivity index (χ0n) is 10.7. The lowest BCUT2D eigenvalue weighted by Gasteiger charge is -2.13. The van der Waals surface area contributed by atoms with Crippen molar-refractivity contribution in [1.82, 2.24) is 9.97 Å². The van der Waals surface area contributed by atoms with Crippen LogP contribution in [0.1, 0.15) is 42.6 Å². The molecule has 1 aromatic heterocycles. The van der Waals surface area contributed by atoms with Crippen LogP contribution in [0.4, 0.5) is 5.82 Å². The zero-order valence-corrected chi connectivity index (χ0v) is 13.1. The maximum absolute atomic E-state index is 11.6. The largest absolute Gasteiger partial charge is 0.372 e. The first kappa shape index (κ1) is 13.3. The van der Waals surface area contributed by atoms with Crippen LogP contribution in [-0.2, 0) is 9.84 Å². The Morgan fingerprint density at radius 2 is 1.95 bits per heavy atom. The van der Waals surface area contributed by atoms with E-state index in [1.54, 1.807) is 0 Å². The van der Waals surface area contributed by atoms with Crippen LogP contribution in [0.15, 0.2) is 4.47 Å². The zero-order chi connectivity index (χ0) is 13.6. The van der Waals surface area contributed by atoms with E-state index >= 15 is 0 Å². The molecule has 2 fully saturated rings. The Bertz CT molecular complexity index is 614. The highest BCUT2D eigenvalue weighted by molar-refractivity contribution is 9.10. The van der Waals surface area contributed by atoms with E-state index in [0.29, 0.717) is 18.2 Å². The Balaban J connectivity index is 1.99. The molecule has 1 aromatic rings. The minimum Gasteiger partial charge on any atom is -0.372 e. The number of anilines is 1. The lowest BCUT2D eigenvalue weighted by atomic mass is 10.1. The van der Waals surface area contributed by atoms with Crippen molar-refractivity contribution in [2.45, 2.75) is 31.1 Å². The molecule has 3 rings (SSSR count). The van der Waals surface area contributed by atoms with Crippen LogP contribution >= 0.6 is 15.9 Å². The third kappa shape index (κ3) is 2.63. The van der Waals surface area contributed by atoms with Crippen molar-refractivity contribution in [3.63, 3.8) is 0 Å². The Hall–Kier alpha value is -0.690. The molecule has 0 spiro atoms. The molecule has 0 aromatic carbocycles. The molecule has 1 N–H and O–H groups in total. The van der Waals surface area contributed by atoms with Crippen LogP contribution in [-0.4, -0.2) is 36.9 Å². The first-order valence-electron chi connectivity index (χ1n) is 6.45. The van der Waals surface area contributed by atoms with Gasteiger partial charge in [0, 0.05) is 18.9 Å². The first-order valence-corrected chi connectivity index (χ1v) is 9.07. The third-order valence-electron chi connectivity index (χ3n) is 3.69. The monoisotopic (exact) mass is 345 g/mol. The Labute approximate surface area is 121 Å². The van der Waals surface area contributed by atoms with Crippen LogP contribution in [0.5, 0.6) is 0 Å². The fourth-order valence-corrected chi connectivity index (χ4v) is 4.89. The van der Waals surface area contributed by atoms with Gasteiger partial charge >= 0.3 is 0 Å². The van der Waals surface area contributed by atoms with Crippen LogP contribution in [0.25, 0.3) is 0 Å². The molecule has 1 aliphatic carbocycles. The van der Waals surface area contributed by atoms with E-state index in [9.17, 15) is 8.42 Å². The summed E-state index contributed by atoms with van der Waals surface area (Å²) in [6, 6.07) is 0. The van der Waals surface area contributed by atoms with E-state index in [0.717, 1.165) is 28.8 Å². The first-order chi connectivity index (χ1) is 9.00. The van der Waals surface area contributed by atoms with Crippen molar-refractivity contribution in [1.29, 1.82) is 0 Å². The number of rotatable bonds is 3. The summed E-state index contributed by atoms with van der Waals surface area (Å²) in [4.78, 5) is 9.10. The maximum atomic E-state index is 11.6. The van der Waals surface area contributed by atoms with Gasteiger partial charge in [-0.05, 0) is 35.2 Å². The average molecular weight is 346 g/mol. The van der Waals surface area contributed by atoms with Crippen molar-refractivity contribution < 1.29 is 8.42 Å².